The SMILES string of the molecule is CC(NC(=O)Cc1ccccc1[N+](=O)[O-])c1ccc(F)cc1F. The summed E-state index contributed by atoms with van der Waals surface area (Å²) in [5.74, 6) is -1.95. The summed E-state index contributed by atoms with van der Waals surface area (Å²) >= 11 is 0. The third-order valence-electron chi connectivity index (χ3n) is 3.35. The Kier molecular flexibility index (Phi) is 5.00. The van der Waals surface area contributed by atoms with Crippen molar-refractivity contribution in [2.24, 2.45) is 0 Å². The van der Waals surface area contributed by atoms with Crippen LogP contribution in [0.4, 0.5) is 14.5 Å². The minimum absolute atomic E-state index is 0.141. The van der Waals surface area contributed by atoms with E-state index in [1.54, 1.807) is 13.0 Å². The number of carbonyl (C=O) groups excluding carboxylic acids is 1. The van der Waals surface area contributed by atoms with Gasteiger partial charge in [0, 0.05) is 23.3 Å². The van der Waals surface area contributed by atoms with Gasteiger partial charge in [-0.2, -0.15) is 0 Å². The van der Waals surface area contributed by atoms with Crippen LogP contribution in [0.3, 0.4) is 0 Å². The van der Waals surface area contributed by atoms with Gasteiger partial charge in [0.1, 0.15) is 11.6 Å². The molecule has 0 fully saturated rings. The summed E-state index contributed by atoms with van der Waals surface area (Å²) in [5.41, 5.74) is 0.257. The summed E-state index contributed by atoms with van der Waals surface area (Å²) in [6.07, 6.45) is -0.204. The Morgan fingerprint density at radius 2 is 1.96 bits per heavy atom. The van der Waals surface area contributed by atoms with Gasteiger partial charge in [-0.15, -0.1) is 0 Å². The molecular formula is C16H14F2N2O3. The summed E-state index contributed by atoms with van der Waals surface area (Å²) in [6, 6.07) is 8.30. The summed E-state index contributed by atoms with van der Waals surface area (Å²) in [7, 11) is 0. The van der Waals surface area contributed by atoms with E-state index in [2.05, 4.69) is 5.32 Å². The summed E-state index contributed by atoms with van der Waals surface area (Å²) in [4.78, 5) is 22.4. The fraction of sp³-hybridized carbons (Fsp3) is 0.188. The maximum Gasteiger partial charge on any atom is 0.273 e. The topological polar surface area (TPSA) is 72.2 Å². The van der Waals surface area contributed by atoms with Crippen molar-refractivity contribution in [1.82, 2.24) is 5.32 Å². The molecule has 1 amide bonds. The van der Waals surface area contributed by atoms with Crippen LogP contribution in [-0.2, 0) is 11.2 Å². The summed E-state index contributed by atoms with van der Waals surface area (Å²) < 4.78 is 26.6. The van der Waals surface area contributed by atoms with E-state index in [0.717, 1.165) is 12.1 Å². The molecule has 0 aromatic heterocycles. The molecule has 1 N–H and O–H groups in total. The number of para-hydroxylation sites is 1. The zero-order valence-corrected chi connectivity index (χ0v) is 12.3. The Morgan fingerprint density at radius 1 is 1.26 bits per heavy atom. The number of nitrogens with one attached hydrogen (secondary N) is 1. The molecule has 1 unspecified atom stereocenters. The van der Waals surface area contributed by atoms with Crippen molar-refractivity contribution >= 4 is 11.6 Å². The largest absolute Gasteiger partial charge is 0.349 e. The number of nitro benzene ring substituents is 1. The van der Waals surface area contributed by atoms with E-state index in [0.29, 0.717) is 0 Å². The second-order valence-corrected chi connectivity index (χ2v) is 5.02. The Hall–Kier alpha value is -2.83. The van der Waals surface area contributed by atoms with Gasteiger partial charge in [-0.1, -0.05) is 24.3 Å². The van der Waals surface area contributed by atoms with E-state index in [1.165, 1.54) is 24.3 Å². The molecule has 0 heterocycles. The summed E-state index contributed by atoms with van der Waals surface area (Å²) in [5, 5.41) is 13.5. The lowest BCUT2D eigenvalue weighted by Gasteiger charge is -2.15. The lowest BCUT2D eigenvalue weighted by atomic mass is 10.1. The Bertz CT molecular complexity index is 750. The van der Waals surface area contributed by atoms with E-state index in [1.807, 2.05) is 0 Å². The van der Waals surface area contributed by atoms with Gasteiger partial charge in [0.2, 0.25) is 5.91 Å². The molecule has 2 aromatic rings. The van der Waals surface area contributed by atoms with Crippen molar-refractivity contribution in [2.45, 2.75) is 19.4 Å². The van der Waals surface area contributed by atoms with E-state index >= 15 is 0 Å². The van der Waals surface area contributed by atoms with Gasteiger partial charge in [-0.25, -0.2) is 8.78 Å². The first-order valence-corrected chi connectivity index (χ1v) is 6.85. The highest BCUT2D eigenvalue weighted by Crippen LogP contribution is 2.20. The number of amides is 1. The van der Waals surface area contributed by atoms with Crippen LogP contribution < -0.4 is 5.32 Å². The Labute approximate surface area is 131 Å². The molecule has 0 saturated carbocycles. The van der Waals surface area contributed by atoms with Crippen molar-refractivity contribution in [2.75, 3.05) is 0 Å². The number of benzene rings is 2. The molecule has 0 aliphatic heterocycles. The molecular weight excluding hydrogens is 306 g/mol. The minimum atomic E-state index is -0.761. The fourth-order valence-electron chi connectivity index (χ4n) is 2.23. The minimum Gasteiger partial charge on any atom is -0.349 e. The van der Waals surface area contributed by atoms with Crippen molar-refractivity contribution in [3.63, 3.8) is 0 Å². The average Bonchev–Trinajstić information content (AvgIpc) is 2.47. The van der Waals surface area contributed by atoms with Crippen molar-refractivity contribution in [3.05, 3.63) is 75.3 Å². The molecule has 7 heteroatoms. The van der Waals surface area contributed by atoms with E-state index < -0.39 is 28.5 Å². The number of hydrogen-bond acceptors (Lipinski definition) is 3. The van der Waals surface area contributed by atoms with Gasteiger partial charge in [0.15, 0.2) is 0 Å². The smallest absolute Gasteiger partial charge is 0.273 e. The van der Waals surface area contributed by atoms with Crippen LogP contribution in [0.15, 0.2) is 42.5 Å². The monoisotopic (exact) mass is 320 g/mol. The van der Waals surface area contributed by atoms with Crippen molar-refractivity contribution in [1.29, 1.82) is 0 Å². The molecule has 0 radical (unpaired) electrons. The van der Waals surface area contributed by atoms with Gasteiger partial charge >= 0.3 is 0 Å². The highest BCUT2D eigenvalue weighted by atomic mass is 19.1. The van der Waals surface area contributed by atoms with E-state index in [9.17, 15) is 23.7 Å². The van der Waals surface area contributed by atoms with Gasteiger partial charge in [-0.05, 0) is 13.0 Å². The van der Waals surface area contributed by atoms with Crippen molar-refractivity contribution < 1.29 is 18.5 Å². The third-order valence-corrected chi connectivity index (χ3v) is 3.35. The first-order valence-electron chi connectivity index (χ1n) is 6.85. The second-order valence-electron chi connectivity index (χ2n) is 5.02. The summed E-state index contributed by atoms with van der Waals surface area (Å²) in [6.45, 7) is 1.55. The maximum absolute atomic E-state index is 13.7. The molecule has 1 atom stereocenters. The van der Waals surface area contributed by atoms with Crippen LogP contribution in [0, 0.1) is 21.7 Å². The Balaban J connectivity index is 2.09. The molecule has 0 aliphatic carbocycles. The van der Waals surface area contributed by atoms with Crippen LogP contribution in [-0.4, -0.2) is 10.8 Å². The molecule has 5 nitrogen and oxygen atoms in total. The predicted molar refractivity (Wildman–Crippen MR) is 79.7 cm³/mol. The molecule has 120 valence electrons. The standard InChI is InChI=1S/C16H14F2N2O3/c1-10(13-7-6-12(17)9-14(13)18)19-16(21)8-11-4-2-3-5-15(11)20(22)23/h2-7,9-10H,8H2,1H3,(H,19,21). The molecule has 0 saturated heterocycles. The van der Waals surface area contributed by atoms with Crippen LogP contribution >= 0.6 is 0 Å². The number of nitro groups is 1. The second kappa shape index (κ2) is 6.95. The third kappa shape index (κ3) is 4.09. The van der Waals surface area contributed by atoms with E-state index in [-0.39, 0.29) is 23.2 Å². The first kappa shape index (κ1) is 16.5. The van der Waals surface area contributed by atoms with E-state index in [4.69, 9.17) is 0 Å². The number of halogens is 2. The molecule has 23 heavy (non-hydrogen) atoms. The van der Waals surface area contributed by atoms with Gasteiger partial charge < -0.3 is 5.32 Å². The van der Waals surface area contributed by atoms with Crippen molar-refractivity contribution in [3.8, 4) is 0 Å². The molecule has 0 aliphatic rings. The van der Waals surface area contributed by atoms with Crippen LogP contribution in [0.5, 0.6) is 0 Å². The molecule has 2 aromatic carbocycles. The average molecular weight is 320 g/mol. The highest BCUT2D eigenvalue weighted by molar-refractivity contribution is 5.80. The molecule has 0 bridgehead atoms. The van der Waals surface area contributed by atoms with Gasteiger partial charge in [-0.3, -0.25) is 14.9 Å². The predicted octanol–water partition coefficient (Wildman–Crippen LogP) is 3.29. The van der Waals surface area contributed by atoms with Gasteiger partial charge in [0.05, 0.1) is 17.4 Å². The first-order chi connectivity index (χ1) is 10.9. The Morgan fingerprint density at radius 3 is 2.61 bits per heavy atom. The van der Waals surface area contributed by atoms with Crippen LogP contribution in [0.2, 0.25) is 0 Å². The number of rotatable bonds is 5. The van der Waals surface area contributed by atoms with Gasteiger partial charge in [0.25, 0.3) is 5.69 Å². The normalized spacial score (nSPS) is 11.8. The lowest BCUT2D eigenvalue weighted by Crippen LogP contribution is -2.28. The molecule has 0 spiro atoms. The fourth-order valence-corrected chi connectivity index (χ4v) is 2.23. The molecule has 2 rings (SSSR count). The van der Waals surface area contributed by atoms with Crippen LogP contribution in [0.1, 0.15) is 24.1 Å². The number of hydrogen-bond donors (Lipinski definition) is 1. The maximum atomic E-state index is 13.7. The number of nitrogens with zero attached hydrogens (tertiary/aromatic N) is 1. The number of carbonyl (C=O) groups is 1. The zero-order chi connectivity index (χ0) is 17.0. The van der Waals surface area contributed by atoms with Crippen LogP contribution in [0.25, 0.3) is 0 Å². The quantitative estimate of drug-likeness (QED) is 0.678. The highest BCUT2D eigenvalue weighted by Gasteiger charge is 2.18. The zero-order valence-electron chi connectivity index (χ0n) is 12.3. The lowest BCUT2D eigenvalue weighted by molar-refractivity contribution is -0.385.